The Morgan fingerprint density at radius 3 is 1.92 bits per heavy atom. The van der Waals surface area contributed by atoms with Gasteiger partial charge in [-0.25, -0.2) is 0 Å². The van der Waals surface area contributed by atoms with Crippen molar-refractivity contribution >= 4 is 43.6 Å². The fourth-order valence-corrected chi connectivity index (χ4v) is 6.91. The average Bonchev–Trinajstić information content (AvgIpc) is 3.83. The van der Waals surface area contributed by atoms with E-state index in [1.54, 1.807) is 0 Å². The summed E-state index contributed by atoms with van der Waals surface area (Å²) in [6.45, 7) is 0. The van der Waals surface area contributed by atoms with Gasteiger partial charge in [0.25, 0.3) is 0 Å². The quantitative estimate of drug-likeness (QED) is 0.241. The molecule has 1 atom stereocenters. The molecule has 9 rings (SSSR count). The van der Waals surface area contributed by atoms with E-state index in [2.05, 4.69) is 124 Å². The molecule has 2 nitrogen and oxygen atoms in total. The summed E-state index contributed by atoms with van der Waals surface area (Å²) in [5.74, 6) is 0. The van der Waals surface area contributed by atoms with Gasteiger partial charge >= 0.3 is 0 Å². The second kappa shape index (κ2) is 6.92. The average molecular weight is 475 g/mol. The van der Waals surface area contributed by atoms with Crippen molar-refractivity contribution in [2.75, 3.05) is 0 Å². The van der Waals surface area contributed by atoms with Crippen LogP contribution in [0.25, 0.3) is 60.4 Å². The van der Waals surface area contributed by atoms with Crippen LogP contribution in [0.2, 0.25) is 0 Å². The van der Waals surface area contributed by atoms with Crippen molar-refractivity contribution in [3.8, 4) is 16.8 Å². The standard InChI is InChI=1S/C35H26N2/c1-2-8-25(9-3-1)36-30-12-6-4-10-26(30)28-16-14-24(21-33(28)36)23-15-17-32-29(20-23)27-11-5-7-13-31(27)37(32)34-22-35(34)18-19-35/h1-17,20-21,34H,18-19,22H2. The summed E-state index contributed by atoms with van der Waals surface area (Å²) >= 11 is 0. The molecule has 7 aromatic rings. The molecule has 1 spiro atoms. The first-order valence-corrected chi connectivity index (χ1v) is 13.4. The van der Waals surface area contributed by atoms with Crippen LogP contribution in [0.3, 0.4) is 0 Å². The van der Waals surface area contributed by atoms with Crippen LogP contribution < -0.4 is 0 Å². The number of aromatic nitrogens is 2. The molecule has 1 unspecified atom stereocenters. The molecule has 176 valence electrons. The fraction of sp³-hybridized carbons (Fsp3) is 0.143. The van der Waals surface area contributed by atoms with Gasteiger partial charge in [-0.2, -0.15) is 0 Å². The van der Waals surface area contributed by atoms with E-state index in [9.17, 15) is 0 Å². The van der Waals surface area contributed by atoms with Crippen LogP contribution in [0.1, 0.15) is 25.3 Å². The predicted octanol–water partition coefficient (Wildman–Crippen LogP) is 9.28. The summed E-state index contributed by atoms with van der Waals surface area (Å²) in [7, 11) is 0. The highest BCUT2D eigenvalue weighted by atomic mass is 15.1. The van der Waals surface area contributed by atoms with Crippen molar-refractivity contribution in [1.29, 1.82) is 0 Å². The van der Waals surface area contributed by atoms with Crippen molar-refractivity contribution in [2.45, 2.75) is 25.3 Å². The molecule has 0 radical (unpaired) electrons. The molecule has 0 N–H and O–H groups in total. The number of nitrogens with zero attached hydrogens (tertiary/aromatic N) is 2. The summed E-state index contributed by atoms with van der Waals surface area (Å²) in [4.78, 5) is 0. The van der Waals surface area contributed by atoms with Gasteiger partial charge in [0, 0.05) is 44.3 Å². The van der Waals surface area contributed by atoms with Crippen molar-refractivity contribution in [3.05, 3.63) is 115 Å². The van der Waals surface area contributed by atoms with Crippen molar-refractivity contribution < 1.29 is 0 Å². The molecule has 2 saturated carbocycles. The van der Waals surface area contributed by atoms with Gasteiger partial charge in [0.15, 0.2) is 0 Å². The summed E-state index contributed by atoms with van der Waals surface area (Å²) in [5.41, 5.74) is 9.63. The van der Waals surface area contributed by atoms with E-state index in [1.807, 2.05) is 0 Å². The zero-order valence-electron chi connectivity index (χ0n) is 20.6. The van der Waals surface area contributed by atoms with E-state index >= 15 is 0 Å². The Bertz CT molecular complexity index is 2020. The van der Waals surface area contributed by atoms with Crippen molar-refractivity contribution in [1.82, 2.24) is 9.13 Å². The van der Waals surface area contributed by atoms with Crippen LogP contribution in [0.15, 0.2) is 115 Å². The Labute approximate surface area is 215 Å². The molecule has 37 heavy (non-hydrogen) atoms. The van der Waals surface area contributed by atoms with Gasteiger partial charge in [-0.1, -0.05) is 72.8 Å². The molecule has 2 aromatic heterocycles. The highest BCUT2D eigenvalue weighted by molar-refractivity contribution is 6.12. The van der Waals surface area contributed by atoms with E-state index in [0.29, 0.717) is 11.5 Å². The van der Waals surface area contributed by atoms with Gasteiger partial charge in [0.2, 0.25) is 0 Å². The number of para-hydroxylation sites is 3. The molecule has 0 amide bonds. The normalized spacial score (nSPS) is 17.9. The zero-order chi connectivity index (χ0) is 24.1. The summed E-state index contributed by atoms with van der Waals surface area (Å²) in [6, 6.07) is 43.2. The lowest BCUT2D eigenvalue weighted by atomic mass is 10.0. The Hall–Kier alpha value is -4.30. The van der Waals surface area contributed by atoms with Crippen LogP contribution in [-0.4, -0.2) is 9.13 Å². The SMILES string of the molecule is c1ccc(-n2c3ccccc3c3ccc(-c4ccc5c(c4)c4ccccc4n5C4CC45CC5)cc32)cc1. The maximum Gasteiger partial charge on any atom is 0.0547 e. The lowest BCUT2D eigenvalue weighted by Gasteiger charge is -2.10. The Morgan fingerprint density at radius 2 is 1.14 bits per heavy atom. The number of fused-ring (bicyclic) bond motifs is 6. The minimum atomic E-state index is 0.614. The van der Waals surface area contributed by atoms with E-state index in [1.165, 1.54) is 79.7 Å². The molecule has 2 aliphatic rings. The molecule has 2 heteroatoms. The number of hydrogen-bond donors (Lipinski definition) is 0. The minimum absolute atomic E-state index is 0.614. The molecule has 2 heterocycles. The minimum Gasteiger partial charge on any atom is -0.337 e. The molecule has 2 fully saturated rings. The lowest BCUT2D eigenvalue weighted by Crippen LogP contribution is -1.96. The molecule has 0 aliphatic heterocycles. The van der Waals surface area contributed by atoms with Crippen LogP contribution >= 0.6 is 0 Å². The van der Waals surface area contributed by atoms with Gasteiger partial charge < -0.3 is 9.13 Å². The van der Waals surface area contributed by atoms with Gasteiger partial charge in [-0.15, -0.1) is 0 Å². The monoisotopic (exact) mass is 474 g/mol. The Morgan fingerprint density at radius 1 is 0.514 bits per heavy atom. The van der Waals surface area contributed by atoms with E-state index in [0.717, 1.165) is 0 Å². The van der Waals surface area contributed by atoms with Crippen LogP contribution in [0, 0.1) is 5.41 Å². The van der Waals surface area contributed by atoms with Crippen LogP contribution in [-0.2, 0) is 0 Å². The van der Waals surface area contributed by atoms with Gasteiger partial charge in [0.05, 0.1) is 11.0 Å². The van der Waals surface area contributed by atoms with E-state index in [4.69, 9.17) is 0 Å². The third kappa shape index (κ3) is 2.70. The molecule has 0 bridgehead atoms. The first kappa shape index (κ1) is 19.8. The smallest absolute Gasteiger partial charge is 0.0547 e. The number of hydrogen-bond acceptors (Lipinski definition) is 0. The van der Waals surface area contributed by atoms with Gasteiger partial charge in [-0.3, -0.25) is 0 Å². The van der Waals surface area contributed by atoms with E-state index < -0.39 is 0 Å². The number of rotatable bonds is 3. The third-order valence-electron chi connectivity index (χ3n) is 9.08. The summed E-state index contributed by atoms with van der Waals surface area (Å²) in [5, 5.41) is 5.34. The first-order chi connectivity index (χ1) is 18.3. The Kier molecular flexibility index (Phi) is 3.71. The van der Waals surface area contributed by atoms with Gasteiger partial charge in [0.1, 0.15) is 0 Å². The lowest BCUT2D eigenvalue weighted by molar-refractivity contribution is 0.694. The molecular formula is C35H26N2. The van der Waals surface area contributed by atoms with Crippen molar-refractivity contribution in [3.63, 3.8) is 0 Å². The molecule has 5 aromatic carbocycles. The summed E-state index contributed by atoms with van der Waals surface area (Å²) in [6.07, 6.45) is 4.15. The number of benzene rings is 5. The summed E-state index contributed by atoms with van der Waals surface area (Å²) < 4.78 is 5.05. The molecule has 0 saturated heterocycles. The highest BCUT2D eigenvalue weighted by Gasteiger charge is 2.64. The zero-order valence-corrected chi connectivity index (χ0v) is 20.6. The largest absolute Gasteiger partial charge is 0.337 e. The van der Waals surface area contributed by atoms with Crippen LogP contribution in [0.4, 0.5) is 0 Å². The van der Waals surface area contributed by atoms with Crippen LogP contribution in [0.5, 0.6) is 0 Å². The second-order valence-corrected chi connectivity index (χ2v) is 11.1. The first-order valence-electron chi connectivity index (χ1n) is 13.4. The second-order valence-electron chi connectivity index (χ2n) is 11.1. The predicted molar refractivity (Wildman–Crippen MR) is 155 cm³/mol. The molecule has 2 aliphatic carbocycles. The van der Waals surface area contributed by atoms with Crippen molar-refractivity contribution in [2.24, 2.45) is 5.41 Å². The third-order valence-corrected chi connectivity index (χ3v) is 9.08. The topological polar surface area (TPSA) is 9.86 Å². The maximum atomic E-state index is 2.65. The van der Waals surface area contributed by atoms with E-state index in [-0.39, 0.29) is 0 Å². The fourth-order valence-electron chi connectivity index (χ4n) is 6.91. The molecular weight excluding hydrogens is 448 g/mol. The van der Waals surface area contributed by atoms with Gasteiger partial charge in [-0.05, 0) is 78.3 Å². The highest BCUT2D eigenvalue weighted by Crippen LogP contribution is 2.74. The Balaban J connectivity index is 1.28. The maximum absolute atomic E-state index is 2.65.